The normalized spacial score (nSPS) is 16.1. The number of benzene rings is 2. The summed E-state index contributed by atoms with van der Waals surface area (Å²) in [5.74, 6) is 0.196. The van der Waals surface area contributed by atoms with Crippen LogP contribution in [0.25, 0.3) is 10.8 Å². The van der Waals surface area contributed by atoms with Crippen molar-refractivity contribution < 1.29 is 14.6 Å². The van der Waals surface area contributed by atoms with Gasteiger partial charge >= 0.3 is 5.97 Å². The number of phenolic OH excluding ortho intramolecular Hbond substituents is 1. The van der Waals surface area contributed by atoms with Crippen molar-refractivity contribution >= 4 is 16.7 Å². The molecule has 1 heterocycles. The molecule has 0 atom stereocenters. The van der Waals surface area contributed by atoms with Gasteiger partial charge in [0.1, 0.15) is 5.75 Å². The summed E-state index contributed by atoms with van der Waals surface area (Å²) < 4.78 is 4.73. The lowest BCUT2D eigenvalue weighted by Gasteiger charge is -2.37. The zero-order valence-electron chi connectivity index (χ0n) is 11.4. The number of aromatic hydroxyl groups is 1. The molecule has 3 rings (SSSR count). The highest BCUT2D eigenvalue weighted by Gasteiger charge is 2.33. The maximum Gasteiger partial charge on any atom is 0.311 e. The first kappa shape index (κ1) is 12.9. The van der Waals surface area contributed by atoms with Crippen LogP contribution in [-0.4, -0.2) is 36.2 Å². The summed E-state index contributed by atoms with van der Waals surface area (Å²) in [6.45, 7) is 2.37. The number of ether oxygens (including phenoxy) is 1. The molecule has 2 aromatic rings. The van der Waals surface area contributed by atoms with Crippen LogP contribution in [0.4, 0.5) is 0 Å². The van der Waals surface area contributed by atoms with Crippen LogP contribution in [0.1, 0.15) is 5.56 Å². The van der Waals surface area contributed by atoms with Gasteiger partial charge in [0, 0.05) is 19.6 Å². The van der Waals surface area contributed by atoms with Crippen LogP contribution in [0.3, 0.4) is 0 Å². The maximum atomic E-state index is 11.3. The molecule has 1 N–H and O–H groups in total. The Hall–Kier alpha value is -2.07. The zero-order chi connectivity index (χ0) is 14.1. The summed E-state index contributed by atoms with van der Waals surface area (Å²) in [6.07, 6.45) is 0. The molecule has 2 aromatic carbocycles. The van der Waals surface area contributed by atoms with Gasteiger partial charge in [0.05, 0.1) is 13.0 Å². The van der Waals surface area contributed by atoms with Crippen molar-refractivity contribution in [3.63, 3.8) is 0 Å². The van der Waals surface area contributed by atoms with Gasteiger partial charge in [0.15, 0.2) is 0 Å². The van der Waals surface area contributed by atoms with E-state index < -0.39 is 0 Å². The second-order valence-corrected chi connectivity index (χ2v) is 5.28. The molecule has 0 aromatic heterocycles. The predicted molar refractivity (Wildman–Crippen MR) is 76.4 cm³/mol. The van der Waals surface area contributed by atoms with Crippen LogP contribution in [0, 0.1) is 5.92 Å². The van der Waals surface area contributed by atoms with E-state index in [-0.39, 0.29) is 17.6 Å². The molecule has 1 fully saturated rings. The van der Waals surface area contributed by atoms with E-state index in [1.165, 1.54) is 12.7 Å². The van der Waals surface area contributed by atoms with Crippen LogP contribution < -0.4 is 0 Å². The van der Waals surface area contributed by atoms with E-state index in [1.807, 2.05) is 12.1 Å². The first-order valence-electron chi connectivity index (χ1n) is 6.67. The van der Waals surface area contributed by atoms with E-state index >= 15 is 0 Å². The highest BCUT2D eigenvalue weighted by atomic mass is 16.5. The first-order chi connectivity index (χ1) is 9.65. The van der Waals surface area contributed by atoms with E-state index in [2.05, 4.69) is 17.0 Å². The predicted octanol–water partition coefficient (Wildman–Crippen LogP) is 2.15. The first-order valence-corrected chi connectivity index (χ1v) is 6.67. The molecule has 1 saturated heterocycles. The molecule has 1 aliphatic heterocycles. The minimum atomic E-state index is -0.116. The van der Waals surface area contributed by atoms with Crippen molar-refractivity contribution in [2.24, 2.45) is 5.92 Å². The van der Waals surface area contributed by atoms with Crippen molar-refractivity contribution in [3.8, 4) is 5.75 Å². The van der Waals surface area contributed by atoms with Crippen LogP contribution in [-0.2, 0) is 16.1 Å². The van der Waals surface area contributed by atoms with Gasteiger partial charge in [-0.3, -0.25) is 9.69 Å². The van der Waals surface area contributed by atoms with E-state index in [4.69, 9.17) is 4.74 Å². The van der Waals surface area contributed by atoms with Crippen molar-refractivity contribution in [1.29, 1.82) is 0 Å². The second kappa shape index (κ2) is 5.13. The lowest BCUT2D eigenvalue weighted by Crippen LogP contribution is -2.49. The van der Waals surface area contributed by atoms with E-state index in [9.17, 15) is 9.90 Å². The topological polar surface area (TPSA) is 49.8 Å². The average Bonchev–Trinajstić information content (AvgIpc) is 2.41. The SMILES string of the molecule is COC(=O)C1CN(Cc2ccc3cc(O)ccc3c2)C1. The van der Waals surface area contributed by atoms with E-state index in [1.54, 1.807) is 12.1 Å². The molecule has 4 heteroatoms. The van der Waals surface area contributed by atoms with Crippen LogP contribution in [0.2, 0.25) is 0 Å². The maximum absolute atomic E-state index is 11.3. The minimum absolute atomic E-state index is 0.0254. The van der Waals surface area contributed by atoms with Crippen LogP contribution in [0.5, 0.6) is 5.75 Å². The molecular weight excluding hydrogens is 254 g/mol. The molecule has 0 aliphatic carbocycles. The monoisotopic (exact) mass is 271 g/mol. The largest absolute Gasteiger partial charge is 0.508 e. The van der Waals surface area contributed by atoms with Gasteiger partial charge in [-0.05, 0) is 34.5 Å². The minimum Gasteiger partial charge on any atom is -0.508 e. The summed E-state index contributed by atoms with van der Waals surface area (Å²) >= 11 is 0. The van der Waals surface area contributed by atoms with Crippen molar-refractivity contribution in [1.82, 2.24) is 4.90 Å². The number of carbonyl (C=O) groups is 1. The Labute approximate surface area is 117 Å². The number of hydrogen-bond acceptors (Lipinski definition) is 4. The third-order valence-electron chi connectivity index (χ3n) is 3.79. The fourth-order valence-electron chi connectivity index (χ4n) is 2.65. The quantitative estimate of drug-likeness (QED) is 0.869. The lowest BCUT2D eigenvalue weighted by molar-refractivity contribution is -0.151. The number of carbonyl (C=O) groups excluding carboxylic acids is 1. The van der Waals surface area contributed by atoms with Gasteiger partial charge in [-0.25, -0.2) is 0 Å². The fourth-order valence-corrected chi connectivity index (χ4v) is 2.65. The molecule has 0 radical (unpaired) electrons. The number of phenols is 1. The third kappa shape index (κ3) is 2.47. The molecule has 0 spiro atoms. The van der Waals surface area contributed by atoms with Gasteiger partial charge in [-0.15, -0.1) is 0 Å². The Morgan fingerprint density at radius 1 is 1.25 bits per heavy atom. The van der Waals surface area contributed by atoms with Gasteiger partial charge in [0.2, 0.25) is 0 Å². The molecule has 4 nitrogen and oxygen atoms in total. The molecule has 0 amide bonds. The molecule has 104 valence electrons. The Morgan fingerprint density at radius 3 is 2.70 bits per heavy atom. The number of nitrogens with zero attached hydrogens (tertiary/aromatic N) is 1. The van der Waals surface area contributed by atoms with Crippen LogP contribution in [0.15, 0.2) is 36.4 Å². The summed E-state index contributed by atoms with van der Waals surface area (Å²) in [5, 5.41) is 11.6. The molecule has 0 saturated carbocycles. The lowest BCUT2D eigenvalue weighted by atomic mass is 9.99. The molecule has 1 aliphatic rings. The Bertz CT molecular complexity index is 647. The summed E-state index contributed by atoms with van der Waals surface area (Å²) in [6, 6.07) is 11.6. The number of likely N-dealkylation sites (tertiary alicyclic amines) is 1. The number of methoxy groups -OCH3 is 1. The summed E-state index contributed by atoms with van der Waals surface area (Å²) in [5.41, 5.74) is 1.21. The highest BCUT2D eigenvalue weighted by Crippen LogP contribution is 2.24. The van der Waals surface area contributed by atoms with E-state index in [0.717, 1.165) is 30.4 Å². The van der Waals surface area contributed by atoms with Gasteiger partial charge in [0.25, 0.3) is 0 Å². The summed E-state index contributed by atoms with van der Waals surface area (Å²) in [7, 11) is 1.43. The van der Waals surface area contributed by atoms with Gasteiger partial charge in [-0.2, -0.15) is 0 Å². The molecule has 0 unspecified atom stereocenters. The molecule has 20 heavy (non-hydrogen) atoms. The van der Waals surface area contributed by atoms with Crippen molar-refractivity contribution in [2.45, 2.75) is 6.54 Å². The van der Waals surface area contributed by atoms with Crippen molar-refractivity contribution in [3.05, 3.63) is 42.0 Å². The Kier molecular flexibility index (Phi) is 3.32. The summed E-state index contributed by atoms with van der Waals surface area (Å²) in [4.78, 5) is 13.6. The number of hydrogen-bond donors (Lipinski definition) is 1. The third-order valence-corrected chi connectivity index (χ3v) is 3.79. The van der Waals surface area contributed by atoms with Crippen LogP contribution >= 0.6 is 0 Å². The number of fused-ring (bicyclic) bond motifs is 1. The zero-order valence-corrected chi connectivity index (χ0v) is 11.4. The van der Waals surface area contributed by atoms with Gasteiger partial charge in [-0.1, -0.05) is 18.2 Å². The fraction of sp³-hybridized carbons (Fsp3) is 0.312. The van der Waals surface area contributed by atoms with E-state index in [0.29, 0.717) is 0 Å². The Morgan fingerprint density at radius 2 is 1.95 bits per heavy atom. The standard InChI is InChI=1S/C16H17NO3/c1-20-16(19)14-9-17(10-14)8-11-2-3-13-7-15(18)5-4-12(13)6-11/h2-7,14,18H,8-10H2,1H3. The Balaban J connectivity index is 1.67. The smallest absolute Gasteiger partial charge is 0.311 e. The molecular formula is C16H17NO3. The number of rotatable bonds is 3. The number of esters is 1. The average molecular weight is 271 g/mol. The second-order valence-electron chi connectivity index (χ2n) is 5.28. The molecule has 0 bridgehead atoms. The highest BCUT2D eigenvalue weighted by molar-refractivity contribution is 5.84. The van der Waals surface area contributed by atoms with Gasteiger partial charge < -0.3 is 9.84 Å². The van der Waals surface area contributed by atoms with Crippen molar-refractivity contribution in [2.75, 3.05) is 20.2 Å².